The van der Waals surface area contributed by atoms with Crippen molar-refractivity contribution in [3.05, 3.63) is 47.3 Å². The summed E-state index contributed by atoms with van der Waals surface area (Å²) in [6.07, 6.45) is 2.81. The molecule has 20 heavy (non-hydrogen) atoms. The van der Waals surface area contributed by atoms with Crippen LogP contribution in [0.1, 0.15) is 35.0 Å². The SMILES string of the molecule is CCCn1nccc1CNc1cccc(C(=O)O)c1C. The monoisotopic (exact) mass is 273 g/mol. The first-order chi connectivity index (χ1) is 9.63. The second-order valence-corrected chi connectivity index (χ2v) is 4.68. The zero-order valence-corrected chi connectivity index (χ0v) is 11.8. The topological polar surface area (TPSA) is 67.2 Å². The molecule has 0 fully saturated rings. The molecule has 2 N–H and O–H groups in total. The first-order valence-corrected chi connectivity index (χ1v) is 6.71. The number of hydrogen-bond acceptors (Lipinski definition) is 3. The summed E-state index contributed by atoms with van der Waals surface area (Å²) < 4.78 is 1.96. The maximum Gasteiger partial charge on any atom is 0.336 e. The number of aryl methyl sites for hydroxylation is 1. The quantitative estimate of drug-likeness (QED) is 0.849. The fourth-order valence-corrected chi connectivity index (χ4v) is 2.17. The van der Waals surface area contributed by atoms with E-state index in [-0.39, 0.29) is 0 Å². The molecule has 0 unspecified atom stereocenters. The predicted molar refractivity (Wildman–Crippen MR) is 78.0 cm³/mol. The van der Waals surface area contributed by atoms with Crippen LogP contribution in [-0.4, -0.2) is 20.9 Å². The van der Waals surface area contributed by atoms with E-state index in [1.165, 1.54) is 0 Å². The Labute approximate surface area is 118 Å². The van der Waals surface area contributed by atoms with Crippen molar-refractivity contribution in [1.82, 2.24) is 9.78 Å². The summed E-state index contributed by atoms with van der Waals surface area (Å²) >= 11 is 0. The highest BCUT2D eigenvalue weighted by molar-refractivity contribution is 5.91. The van der Waals surface area contributed by atoms with Crippen LogP contribution in [0.3, 0.4) is 0 Å². The van der Waals surface area contributed by atoms with Gasteiger partial charge in [-0.25, -0.2) is 4.79 Å². The fraction of sp³-hybridized carbons (Fsp3) is 0.333. The first kappa shape index (κ1) is 14.1. The van der Waals surface area contributed by atoms with Crippen molar-refractivity contribution in [2.45, 2.75) is 33.4 Å². The van der Waals surface area contributed by atoms with Crippen LogP contribution in [0.4, 0.5) is 5.69 Å². The summed E-state index contributed by atoms with van der Waals surface area (Å²) in [5.74, 6) is -0.901. The highest BCUT2D eigenvalue weighted by atomic mass is 16.4. The number of carboxylic acid groups (broad SMARTS) is 1. The molecule has 2 aromatic rings. The van der Waals surface area contributed by atoms with E-state index in [9.17, 15) is 4.79 Å². The zero-order chi connectivity index (χ0) is 14.5. The smallest absolute Gasteiger partial charge is 0.336 e. The second-order valence-electron chi connectivity index (χ2n) is 4.68. The highest BCUT2D eigenvalue weighted by Gasteiger charge is 2.10. The lowest BCUT2D eigenvalue weighted by atomic mass is 10.1. The second kappa shape index (κ2) is 6.23. The number of aromatic nitrogens is 2. The van der Waals surface area contributed by atoms with Crippen LogP contribution in [-0.2, 0) is 13.1 Å². The van der Waals surface area contributed by atoms with Crippen molar-refractivity contribution < 1.29 is 9.90 Å². The van der Waals surface area contributed by atoms with Gasteiger partial charge in [0.25, 0.3) is 0 Å². The fourth-order valence-electron chi connectivity index (χ4n) is 2.17. The van der Waals surface area contributed by atoms with Crippen molar-refractivity contribution >= 4 is 11.7 Å². The van der Waals surface area contributed by atoms with E-state index in [1.54, 1.807) is 18.3 Å². The molecule has 0 aliphatic rings. The Balaban J connectivity index is 2.13. The van der Waals surface area contributed by atoms with E-state index in [0.717, 1.165) is 29.9 Å². The van der Waals surface area contributed by atoms with Crippen LogP contribution in [0.15, 0.2) is 30.5 Å². The Kier molecular flexibility index (Phi) is 4.40. The number of anilines is 1. The summed E-state index contributed by atoms with van der Waals surface area (Å²) in [6.45, 7) is 5.44. The number of carbonyl (C=O) groups is 1. The molecule has 5 heteroatoms. The summed E-state index contributed by atoms with van der Waals surface area (Å²) in [4.78, 5) is 11.1. The molecule has 0 atom stereocenters. The van der Waals surface area contributed by atoms with Crippen molar-refractivity contribution in [3.8, 4) is 0 Å². The van der Waals surface area contributed by atoms with E-state index in [2.05, 4.69) is 17.3 Å². The summed E-state index contributed by atoms with van der Waals surface area (Å²) in [5, 5.41) is 16.7. The molecule has 2 rings (SSSR count). The average molecular weight is 273 g/mol. The number of aromatic carboxylic acids is 1. The Morgan fingerprint density at radius 3 is 2.90 bits per heavy atom. The first-order valence-electron chi connectivity index (χ1n) is 6.71. The minimum absolute atomic E-state index is 0.331. The van der Waals surface area contributed by atoms with Gasteiger partial charge in [0.1, 0.15) is 0 Å². The maximum atomic E-state index is 11.1. The lowest BCUT2D eigenvalue weighted by Gasteiger charge is -2.12. The van der Waals surface area contributed by atoms with E-state index in [1.807, 2.05) is 23.7 Å². The van der Waals surface area contributed by atoms with Gasteiger partial charge < -0.3 is 10.4 Å². The third-order valence-corrected chi connectivity index (χ3v) is 3.26. The third-order valence-electron chi connectivity index (χ3n) is 3.26. The molecule has 0 amide bonds. The van der Waals surface area contributed by atoms with Gasteiger partial charge in [-0.15, -0.1) is 0 Å². The number of carboxylic acids is 1. The normalized spacial score (nSPS) is 10.5. The van der Waals surface area contributed by atoms with Gasteiger partial charge in [-0.2, -0.15) is 5.10 Å². The maximum absolute atomic E-state index is 11.1. The molecule has 0 bridgehead atoms. The van der Waals surface area contributed by atoms with Gasteiger partial charge in [0.15, 0.2) is 0 Å². The molecule has 0 saturated carbocycles. The van der Waals surface area contributed by atoms with Gasteiger partial charge in [-0.05, 0) is 37.1 Å². The van der Waals surface area contributed by atoms with E-state index in [4.69, 9.17) is 5.11 Å². The third kappa shape index (κ3) is 2.99. The van der Waals surface area contributed by atoms with Gasteiger partial charge in [0, 0.05) is 18.4 Å². The number of hydrogen-bond donors (Lipinski definition) is 2. The van der Waals surface area contributed by atoms with Crippen molar-refractivity contribution in [2.75, 3.05) is 5.32 Å². The Morgan fingerprint density at radius 2 is 2.20 bits per heavy atom. The van der Waals surface area contributed by atoms with Crippen LogP contribution >= 0.6 is 0 Å². The molecule has 1 aromatic heterocycles. The molecule has 0 aliphatic heterocycles. The summed E-state index contributed by atoms with van der Waals surface area (Å²) in [5.41, 5.74) is 3.01. The molecule has 1 aromatic carbocycles. The van der Waals surface area contributed by atoms with Crippen LogP contribution in [0.25, 0.3) is 0 Å². The van der Waals surface area contributed by atoms with Gasteiger partial charge >= 0.3 is 5.97 Å². The minimum Gasteiger partial charge on any atom is -0.478 e. The van der Waals surface area contributed by atoms with Crippen molar-refractivity contribution in [1.29, 1.82) is 0 Å². The summed E-state index contributed by atoms with van der Waals surface area (Å²) in [6, 6.07) is 7.23. The van der Waals surface area contributed by atoms with E-state index >= 15 is 0 Å². The molecule has 0 spiro atoms. The Hall–Kier alpha value is -2.30. The Bertz CT molecular complexity index is 605. The van der Waals surface area contributed by atoms with Crippen molar-refractivity contribution in [2.24, 2.45) is 0 Å². The van der Waals surface area contributed by atoms with Crippen LogP contribution < -0.4 is 5.32 Å². The van der Waals surface area contributed by atoms with Gasteiger partial charge in [-0.3, -0.25) is 4.68 Å². The van der Waals surface area contributed by atoms with Gasteiger partial charge in [0.2, 0.25) is 0 Å². The summed E-state index contributed by atoms with van der Waals surface area (Å²) in [7, 11) is 0. The molecule has 5 nitrogen and oxygen atoms in total. The number of nitrogens with one attached hydrogen (secondary N) is 1. The molecule has 106 valence electrons. The molecular formula is C15H19N3O2. The number of nitrogens with zero attached hydrogens (tertiary/aromatic N) is 2. The van der Waals surface area contributed by atoms with Crippen LogP contribution in [0.2, 0.25) is 0 Å². The van der Waals surface area contributed by atoms with Gasteiger partial charge in [0.05, 0.1) is 17.8 Å². The molecule has 1 heterocycles. The number of benzene rings is 1. The predicted octanol–water partition coefficient (Wildman–Crippen LogP) is 2.91. The van der Waals surface area contributed by atoms with Crippen LogP contribution in [0.5, 0.6) is 0 Å². The minimum atomic E-state index is -0.901. The Morgan fingerprint density at radius 1 is 1.40 bits per heavy atom. The molecule has 0 aliphatic carbocycles. The highest BCUT2D eigenvalue weighted by Crippen LogP contribution is 2.19. The van der Waals surface area contributed by atoms with Crippen LogP contribution in [0, 0.1) is 6.92 Å². The largest absolute Gasteiger partial charge is 0.478 e. The zero-order valence-electron chi connectivity index (χ0n) is 11.8. The van der Waals surface area contributed by atoms with E-state index < -0.39 is 5.97 Å². The number of rotatable bonds is 6. The lowest BCUT2D eigenvalue weighted by Crippen LogP contribution is -2.10. The van der Waals surface area contributed by atoms with E-state index in [0.29, 0.717) is 12.1 Å². The lowest BCUT2D eigenvalue weighted by molar-refractivity contribution is 0.0696. The van der Waals surface area contributed by atoms with Gasteiger partial charge in [-0.1, -0.05) is 13.0 Å². The standard InChI is InChI=1S/C15H19N3O2/c1-3-9-18-12(7-8-17-18)10-16-14-6-4-5-13(11(14)2)15(19)20/h4-8,16H,3,9-10H2,1-2H3,(H,19,20). The van der Waals surface area contributed by atoms with Crippen molar-refractivity contribution in [3.63, 3.8) is 0 Å². The molecule has 0 radical (unpaired) electrons. The molecule has 0 saturated heterocycles. The molecular weight excluding hydrogens is 254 g/mol. The average Bonchev–Trinajstić information content (AvgIpc) is 2.85.